The van der Waals surface area contributed by atoms with E-state index in [-0.39, 0.29) is 17.9 Å². The van der Waals surface area contributed by atoms with Crippen LogP contribution in [0.4, 0.5) is 0 Å². The first-order valence-corrected chi connectivity index (χ1v) is 11.4. The van der Waals surface area contributed by atoms with Gasteiger partial charge in [-0.15, -0.1) is 0 Å². The highest BCUT2D eigenvalue weighted by Gasteiger charge is 2.32. The largest absolute Gasteiger partial charge is 0.353 e. The number of aryl methyl sites for hydroxylation is 1. The minimum absolute atomic E-state index is 0.0606. The molecule has 1 atom stereocenters. The van der Waals surface area contributed by atoms with Crippen molar-refractivity contribution in [3.05, 3.63) is 35.4 Å². The molecule has 3 fully saturated rings. The second-order valence-electron chi connectivity index (χ2n) is 9.33. The topological polar surface area (TPSA) is 52.7 Å². The van der Waals surface area contributed by atoms with Gasteiger partial charge < -0.3 is 10.2 Å². The predicted octanol–water partition coefficient (Wildman–Crippen LogP) is 3.11. The first kappa shape index (κ1) is 20.4. The van der Waals surface area contributed by atoms with E-state index in [1.807, 2.05) is 4.90 Å². The summed E-state index contributed by atoms with van der Waals surface area (Å²) in [6.07, 6.45) is 6.73. The van der Waals surface area contributed by atoms with Gasteiger partial charge >= 0.3 is 0 Å². The second kappa shape index (κ2) is 9.29. The average Bonchev–Trinajstić information content (AvgIpc) is 3.13. The van der Waals surface area contributed by atoms with Crippen molar-refractivity contribution in [2.75, 3.05) is 26.2 Å². The molecule has 1 aromatic carbocycles. The maximum Gasteiger partial charge on any atom is 0.224 e. The summed E-state index contributed by atoms with van der Waals surface area (Å²) >= 11 is 0. The Hall–Kier alpha value is -1.88. The van der Waals surface area contributed by atoms with Gasteiger partial charge in [0.1, 0.15) is 0 Å². The van der Waals surface area contributed by atoms with Crippen molar-refractivity contribution in [3.63, 3.8) is 0 Å². The Morgan fingerprint density at radius 1 is 1.03 bits per heavy atom. The standard InChI is InChI=1S/C24H35N3O2/c1-18-3-2-4-19(15-18)17-26-11-7-20(8-12-26)21-9-13-27(14-10-21)24(29)16-22-5-6-23(28)25-22/h2-4,15,20-22H,5-14,16-17H2,1H3,(H,25,28)/t22-/m1/s1. The lowest BCUT2D eigenvalue weighted by Crippen LogP contribution is -2.44. The Labute approximate surface area is 174 Å². The lowest BCUT2D eigenvalue weighted by atomic mass is 9.78. The number of nitrogens with zero attached hydrogens (tertiary/aromatic N) is 2. The molecule has 2 amide bonds. The number of rotatable bonds is 5. The van der Waals surface area contributed by atoms with E-state index in [1.54, 1.807) is 0 Å². The average molecular weight is 398 g/mol. The molecule has 29 heavy (non-hydrogen) atoms. The van der Waals surface area contributed by atoms with E-state index < -0.39 is 0 Å². The normalized spacial score (nSPS) is 24.7. The van der Waals surface area contributed by atoms with Crippen molar-refractivity contribution in [2.24, 2.45) is 11.8 Å². The summed E-state index contributed by atoms with van der Waals surface area (Å²) in [5.74, 6) is 1.90. The summed E-state index contributed by atoms with van der Waals surface area (Å²) in [5.41, 5.74) is 2.77. The summed E-state index contributed by atoms with van der Waals surface area (Å²) in [5, 5.41) is 2.92. The van der Waals surface area contributed by atoms with E-state index in [0.29, 0.717) is 12.8 Å². The summed E-state index contributed by atoms with van der Waals surface area (Å²) in [4.78, 5) is 28.5. The predicted molar refractivity (Wildman–Crippen MR) is 114 cm³/mol. The number of amides is 2. The molecule has 3 heterocycles. The van der Waals surface area contributed by atoms with Crippen molar-refractivity contribution in [2.45, 2.75) is 64.5 Å². The molecule has 5 heteroatoms. The fourth-order valence-electron chi connectivity index (χ4n) is 5.44. The monoisotopic (exact) mass is 397 g/mol. The zero-order valence-electron chi connectivity index (χ0n) is 17.7. The van der Waals surface area contributed by atoms with Crippen LogP contribution in [0.15, 0.2) is 24.3 Å². The van der Waals surface area contributed by atoms with Crippen molar-refractivity contribution in [3.8, 4) is 0 Å². The summed E-state index contributed by atoms with van der Waals surface area (Å²) in [6.45, 7) is 7.41. The van der Waals surface area contributed by atoms with Crippen LogP contribution in [0.3, 0.4) is 0 Å². The molecule has 3 aliphatic heterocycles. The van der Waals surface area contributed by atoms with E-state index in [0.717, 1.165) is 50.7 Å². The van der Waals surface area contributed by atoms with Crippen LogP contribution in [0.25, 0.3) is 0 Å². The van der Waals surface area contributed by atoms with E-state index in [2.05, 4.69) is 41.4 Å². The molecule has 1 aromatic rings. The van der Waals surface area contributed by atoms with Gasteiger partial charge in [-0.1, -0.05) is 29.8 Å². The molecule has 3 aliphatic rings. The minimum Gasteiger partial charge on any atom is -0.353 e. The fraction of sp³-hybridized carbons (Fsp3) is 0.667. The van der Waals surface area contributed by atoms with Crippen molar-refractivity contribution >= 4 is 11.8 Å². The van der Waals surface area contributed by atoms with Crippen LogP contribution < -0.4 is 5.32 Å². The fourth-order valence-corrected chi connectivity index (χ4v) is 5.44. The number of carbonyl (C=O) groups excluding carboxylic acids is 2. The number of likely N-dealkylation sites (tertiary alicyclic amines) is 2. The summed E-state index contributed by atoms with van der Waals surface area (Å²) in [6, 6.07) is 8.92. The van der Waals surface area contributed by atoms with E-state index in [1.165, 1.54) is 37.1 Å². The third kappa shape index (κ3) is 5.39. The quantitative estimate of drug-likeness (QED) is 0.831. The number of hydrogen-bond acceptors (Lipinski definition) is 3. The van der Waals surface area contributed by atoms with Gasteiger partial charge in [0.2, 0.25) is 11.8 Å². The Morgan fingerprint density at radius 3 is 2.34 bits per heavy atom. The number of piperidine rings is 2. The molecular formula is C24H35N3O2. The minimum atomic E-state index is 0.0606. The van der Waals surface area contributed by atoms with Gasteiger partial charge in [0.25, 0.3) is 0 Å². The van der Waals surface area contributed by atoms with Crippen LogP contribution in [0.5, 0.6) is 0 Å². The van der Waals surface area contributed by atoms with Crippen molar-refractivity contribution in [1.29, 1.82) is 0 Å². The number of hydrogen-bond donors (Lipinski definition) is 1. The third-order valence-electron chi connectivity index (χ3n) is 7.19. The second-order valence-corrected chi connectivity index (χ2v) is 9.33. The van der Waals surface area contributed by atoms with Crippen LogP contribution in [0.2, 0.25) is 0 Å². The summed E-state index contributed by atoms with van der Waals surface area (Å²) in [7, 11) is 0. The first-order chi connectivity index (χ1) is 14.1. The number of carbonyl (C=O) groups is 2. The smallest absolute Gasteiger partial charge is 0.224 e. The maximum absolute atomic E-state index is 12.6. The SMILES string of the molecule is Cc1cccc(CN2CCC(C3CCN(C(=O)C[C@H]4CCC(=O)N4)CC3)CC2)c1. The zero-order chi connectivity index (χ0) is 20.2. The van der Waals surface area contributed by atoms with E-state index >= 15 is 0 Å². The van der Waals surface area contributed by atoms with Gasteiger partial charge in [0, 0.05) is 38.5 Å². The van der Waals surface area contributed by atoms with Crippen LogP contribution in [-0.4, -0.2) is 53.8 Å². The molecule has 0 aromatic heterocycles. The molecule has 1 N–H and O–H groups in total. The van der Waals surface area contributed by atoms with Gasteiger partial charge in [-0.05, 0) is 69.5 Å². The van der Waals surface area contributed by atoms with Crippen LogP contribution in [0, 0.1) is 18.8 Å². The number of benzene rings is 1. The van der Waals surface area contributed by atoms with E-state index in [9.17, 15) is 9.59 Å². The van der Waals surface area contributed by atoms with Crippen LogP contribution in [-0.2, 0) is 16.1 Å². The molecule has 0 unspecified atom stereocenters. The van der Waals surface area contributed by atoms with Gasteiger partial charge in [-0.3, -0.25) is 14.5 Å². The van der Waals surface area contributed by atoms with Crippen molar-refractivity contribution in [1.82, 2.24) is 15.1 Å². The molecule has 0 saturated carbocycles. The lowest BCUT2D eigenvalue weighted by molar-refractivity contribution is -0.133. The number of nitrogens with one attached hydrogen (secondary N) is 1. The van der Waals surface area contributed by atoms with E-state index in [4.69, 9.17) is 0 Å². The lowest BCUT2D eigenvalue weighted by Gasteiger charge is -2.40. The highest BCUT2D eigenvalue weighted by atomic mass is 16.2. The molecule has 158 valence electrons. The van der Waals surface area contributed by atoms with Crippen molar-refractivity contribution < 1.29 is 9.59 Å². The van der Waals surface area contributed by atoms with Gasteiger partial charge in [0.05, 0.1) is 0 Å². The molecule has 3 saturated heterocycles. The molecule has 0 aliphatic carbocycles. The Balaban J connectivity index is 1.18. The van der Waals surface area contributed by atoms with Crippen LogP contribution >= 0.6 is 0 Å². The Morgan fingerprint density at radius 2 is 1.72 bits per heavy atom. The highest BCUT2D eigenvalue weighted by Crippen LogP contribution is 2.33. The Bertz CT molecular complexity index is 719. The maximum atomic E-state index is 12.6. The molecule has 0 spiro atoms. The molecular weight excluding hydrogens is 362 g/mol. The molecule has 5 nitrogen and oxygen atoms in total. The van der Waals surface area contributed by atoms with Crippen LogP contribution in [0.1, 0.15) is 56.1 Å². The molecule has 0 radical (unpaired) electrons. The summed E-state index contributed by atoms with van der Waals surface area (Å²) < 4.78 is 0. The third-order valence-corrected chi connectivity index (χ3v) is 7.19. The molecule has 4 rings (SSSR count). The van der Waals surface area contributed by atoms with Gasteiger partial charge in [-0.2, -0.15) is 0 Å². The highest BCUT2D eigenvalue weighted by molar-refractivity contribution is 5.82. The van der Waals surface area contributed by atoms with Gasteiger partial charge in [0.15, 0.2) is 0 Å². The first-order valence-electron chi connectivity index (χ1n) is 11.4. The zero-order valence-corrected chi connectivity index (χ0v) is 17.7. The molecule has 0 bridgehead atoms. The Kier molecular flexibility index (Phi) is 6.53. The van der Waals surface area contributed by atoms with Gasteiger partial charge in [-0.25, -0.2) is 0 Å².